The van der Waals surface area contributed by atoms with Gasteiger partial charge in [0, 0.05) is 45.0 Å². The minimum absolute atomic E-state index is 0.121. The smallest absolute Gasteiger partial charge is 0.320 e. The van der Waals surface area contributed by atoms with E-state index in [1.807, 2.05) is 6.92 Å². The molecular weight excluding hydrogens is 278 g/mol. The van der Waals surface area contributed by atoms with Crippen LogP contribution in [0.25, 0.3) is 0 Å². The summed E-state index contributed by atoms with van der Waals surface area (Å²) in [6.07, 6.45) is 1.01. The third kappa shape index (κ3) is 3.59. The maximum absolute atomic E-state index is 11.7. The lowest BCUT2D eigenvalue weighted by molar-refractivity contribution is -0.144. The van der Waals surface area contributed by atoms with Gasteiger partial charge in [-0.25, -0.2) is 0 Å². The lowest BCUT2D eigenvalue weighted by atomic mass is 9.98. The van der Waals surface area contributed by atoms with E-state index in [0.717, 1.165) is 45.7 Å². The van der Waals surface area contributed by atoms with Crippen molar-refractivity contribution in [1.29, 1.82) is 0 Å². The maximum Gasteiger partial charge on any atom is 0.320 e. The first-order valence-corrected chi connectivity index (χ1v) is 8.21. The lowest BCUT2D eigenvalue weighted by Gasteiger charge is -2.32. The van der Waals surface area contributed by atoms with E-state index in [4.69, 9.17) is 4.74 Å². The third-order valence-electron chi connectivity index (χ3n) is 4.42. The molecule has 2 aliphatic heterocycles. The average Bonchev–Trinajstić information content (AvgIpc) is 2.55. The highest BCUT2D eigenvalue weighted by atomic mass is 16.5. The predicted octanol–water partition coefficient (Wildman–Crippen LogP) is 1.02. The molecule has 1 N–H and O–H groups in total. The summed E-state index contributed by atoms with van der Waals surface area (Å²) in [7, 11) is 0. The first kappa shape index (κ1) is 15.3. The first-order chi connectivity index (χ1) is 10.8. The van der Waals surface area contributed by atoms with Crippen LogP contribution in [0, 0.1) is 0 Å². The zero-order chi connectivity index (χ0) is 15.4. The summed E-state index contributed by atoms with van der Waals surface area (Å²) in [6, 6.07) is 6.80. The number of carbonyl (C=O) groups excluding carboxylic acids is 1. The molecule has 2 heterocycles. The molecule has 0 aromatic heterocycles. The second kappa shape index (κ2) is 7.11. The van der Waals surface area contributed by atoms with E-state index in [0.29, 0.717) is 13.2 Å². The highest BCUT2D eigenvalue weighted by Crippen LogP contribution is 2.25. The van der Waals surface area contributed by atoms with Gasteiger partial charge in [0.1, 0.15) is 0 Å². The first-order valence-electron chi connectivity index (χ1n) is 8.21. The Balaban J connectivity index is 1.67. The van der Waals surface area contributed by atoms with Gasteiger partial charge in [0.05, 0.1) is 13.2 Å². The summed E-state index contributed by atoms with van der Waals surface area (Å²) >= 11 is 0. The fourth-order valence-electron chi connectivity index (χ4n) is 3.25. The van der Waals surface area contributed by atoms with Crippen LogP contribution in [0.15, 0.2) is 18.2 Å². The summed E-state index contributed by atoms with van der Waals surface area (Å²) in [5.41, 5.74) is 4.07. The monoisotopic (exact) mass is 303 g/mol. The molecule has 5 nitrogen and oxygen atoms in total. The minimum atomic E-state index is -0.121. The Kier molecular flexibility index (Phi) is 4.95. The molecule has 0 amide bonds. The van der Waals surface area contributed by atoms with Crippen molar-refractivity contribution in [3.8, 4) is 0 Å². The van der Waals surface area contributed by atoms with Gasteiger partial charge in [0.25, 0.3) is 0 Å². The number of nitrogens with one attached hydrogen (secondary N) is 1. The van der Waals surface area contributed by atoms with E-state index >= 15 is 0 Å². The van der Waals surface area contributed by atoms with Gasteiger partial charge in [-0.3, -0.25) is 9.69 Å². The van der Waals surface area contributed by atoms with E-state index < -0.39 is 0 Å². The summed E-state index contributed by atoms with van der Waals surface area (Å²) in [6.45, 7) is 8.69. The van der Waals surface area contributed by atoms with Crippen molar-refractivity contribution in [2.24, 2.45) is 0 Å². The van der Waals surface area contributed by atoms with Crippen LogP contribution in [0.5, 0.6) is 0 Å². The van der Waals surface area contributed by atoms with Crippen molar-refractivity contribution in [3.05, 3.63) is 29.3 Å². The molecule has 1 saturated heterocycles. The molecule has 22 heavy (non-hydrogen) atoms. The fraction of sp³-hybridized carbons (Fsp3) is 0.588. The van der Waals surface area contributed by atoms with Crippen LogP contribution >= 0.6 is 0 Å². The molecule has 0 spiro atoms. The number of anilines is 1. The molecule has 1 aromatic rings. The number of rotatable bonds is 4. The molecule has 0 aliphatic carbocycles. The van der Waals surface area contributed by atoms with Gasteiger partial charge in [0.2, 0.25) is 0 Å². The number of ether oxygens (including phenoxy) is 1. The number of esters is 1. The highest BCUT2D eigenvalue weighted by Gasteiger charge is 2.20. The summed E-state index contributed by atoms with van der Waals surface area (Å²) in [5, 5.41) is 3.39. The van der Waals surface area contributed by atoms with Gasteiger partial charge in [-0.15, -0.1) is 0 Å². The van der Waals surface area contributed by atoms with E-state index in [1.165, 1.54) is 16.8 Å². The van der Waals surface area contributed by atoms with E-state index in [1.54, 1.807) is 0 Å². The zero-order valence-electron chi connectivity index (χ0n) is 13.3. The normalized spacial score (nSPS) is 18.9. The van der Waals surface area contributed by atoms with E-state index in [9.17, 15) is 4.79 Å². The summed E-state index contributed by atoms with van der Waals surface area (Å²) in [5.74, 6) is -0.121. The van der Waals surface area contributed by atoms with Crippen LogP contribution < -0.4 is 10.2 Å². The number of hydrogen-bond acceptors (Lipinski definition) is 5. The van der Waals surface area contributed by atoms with Crippen LogP contribution in [0.3, 0.4) is 0 Å². The molecule has 1 aromatic carbocycles. The molecule has 3 rings (SSSR count). The molecule has 120 valence electrons. The Morgan fingerprint density at radius 1 is 1.23 bits per heavy atom. The van der Waals surface area contributed by atoms with Crippen LogP contribution in [0.2, 0.25) is 0 Å². The third-order valence-corrected chi connectivity index (χ3v) is 4.42. The lowest BCUT2D eigenvalue weighted by Crippen LogP contribution is -2.43. The number of piperazine rings is 1. The topological polar surface area (TPSA) is 44.8 Å². The molecular formula is C17H25N3O2. The van der Waals surface area contributed by atoms with Gasteiger partial charge in [0.15, 0.2) is 0 Å². The fourth-order valence-corrected chi connectivity index (χ4v) is 3.25. The van der Waals surface area contributed by atoms with Gasteiger partial charge < -0.3 is 15.0 Å². The van der Waals surface area contributed by atoms with Crippen molar-refractivity contribution in [2.75, 3.05) is 50.8 Å². The number of benzene rings is 1. The standard InChI is InChI=1S/C17H25N3O2/c1-2-22-17(21)13-19-8-5-14-3-4-16(11-15(14)12-19)20-9-6-18-7-10-20/h3-4,11,18H,2,5-10,12-13H2,1H3. The zero-order valence-corrected chi connectivity index (χ0v) is 13.3. The number of carbonyl (C=O) groups is 1. The summed E-state index contributed by atoms with van der Waals surface area (Å²) < 4.78 is 5.06. The van der Waals surface area contributed by atoms with Crippen LogP contribution in [0.1, 0.15) is 18.1 Å². The van der Waals surface area contributed by atoms with Crippen LogP contribution in [-0.4, -0.2) is 56.7 Å². The second-order valence-electron chi connectivity index (χ2n) is 5.96. The van der Waals surface area contributed by atoms with Crippen molar-refractivity contribution in [2.45, 2.75) is 19.9 Å². The second-order valence-corrected chi connectivity index (χ2v) is 5.96. The Morgan fingerprint density at radius 2 is 2.05 bits per heavy atom. The van der Waals surface area contributed by atoms with E-state index in [2.05, 4.69) is 33.3 Å². The maximum atomic E-state index is 11.7. The largest absolute Gasteiger partial charge is 0.465 e. The molecule has 0 bridgehead atoms. The van der Waals surface area contributed by atoms with Gasteiger partial charge in [-0.05, 0) is 36.6 Å². The highest BCUT2D eigenvalue weighted by molar-refractivity contribution is 5.71. The van der Waals surface area contributed by atoms with Crippen LogP contribution in [-0.2, 0) is 22.5 Å². The average molecular weight is 303 g/mol. The molecule has 0 unspecified atom stereocenters. The Bertz CT molecular complexity index is 527. The number of fused-ring (bicyclic) bond motifs is 1. The predicted molar refractivity (Wildman–Crippen MR) is 87.1 cm³/mol. The number of hydrogen-bond donors (Lipinski definition) is 1. The van der Waals surface area contributed by atoms with Gasteiger partial charge in [-0.1, -0.05) is 6.07 Å². The molecule has 0 saturated carbocycles. The SMILES string of the molecule is CCOC(=O)CN1CCc2ccc(N3CCNCC3)cc2C1. The van der Waals surface area contributed by atoms with Gasteiger partial charge in [-0.2, -0.15) is 0 Å². The quantitative estimate of drug-likeness (QED) is 0.841. The minimum Gasteiger partial charge on any atom is -0.465 e. The van der Waals surface area contributed by atoms with Crippen molar-refractivity contribution < 1.29 is 9.53 Å². The van der Waals surface area contributed by atoms with Crippen LogP contribution in [0.4, 0.5) is 5.69 Å². The summed E-state index contributed by atoms with van der Waals surface area (Å²) in [4.78, 5) is 16.3. The van der Waals surface area contributed by atoms with Gasteiger partial charge >= 0.3 is 5.97 Å². The Hall–Kier alpha value is -1.59. The Labute approximate surface area is 132 Å². The van der Waals surface area contributed by atoms with Crippen molar-refractivity contribution >= 4 is 11.7 Å². The van der Waals surface area contributed by atoms with Crippen molar-refractivity contribution in [3.63, 3.8) is 0 Å². The Morgan fingerprint density at radius 3 is 2.82 bits per heavy atom. The molecule has 2 aliphatic rings. The number of nitrogens with zero attached hydrogens (tertiary/aromatic N) is 2. The molecule has 0 atom stereocenters. The molecule has 0 radical (unpaired) electrons. The molecule has 5 heteroatoms. The molecule has 1 fully saturated rings. The van der Waals surface area contributed by atoms with E-state index in [-0.39, 0.29) is 5.97 Å². The van der Waals surface area contributed by atoms with Crippen molar-refractivity contribution in [1.82, 2.24) is 10.2 Å².